The Morgan fingerprint density at radius 3 is 2.77 bits per heavy atom. The zero-order valence-electron chi connectivity index (χ0n) is 12.7. The van der Waals surface area contributed by atoms with Gasteiger partial charge in [0.25, 0.3) is 5.91 Å². The molecule has 22 heavy (non-hydrogen) atoms. The van der Waals surface area contributed by atoms with Crippen molar-refractivity contribution in [2.75, 3.05) is 11.9 Å². The minimum atomic E-state index is -0.237. The van der Waals surface area contributed by atoms with Crippen molar-refractivity contribution in [2.24, 2.45) is 11.7 Å². The van der Waals surface area contributed by atoms with Crippen LogP contribution < -0.4 is 15.8 Å². The molecule has 0 saturated heterocycles. The van der Waals surface area contributed by atoms with E-state index in [1.807, 2.05) is 18.2 Å². The van der Waals surface area contributed by atoms with Crippen LogP contribution in [0.25, 0.3) is 0 Å². The predicted octanol–water partition coefficient (Wildman–Crippen LogP) is 3.45. The largest absolute Gasteiger partial charge is 0.493 e. The molecular formula is C16H21ClN2O3. The van der Waals surface area contributed by atoms with Gasteiger partial charge < -0.3 is 20.2 Å². The Balaban J connectivity index is 0.00000242. The van der Waals surface area contributed by atoms with Gasteiger partial charge in [-0.05, 0) is 24.1 Å². The second-order valence-electron chi connectivity index (χ2n) is 5.19. The lowest BCUT2D eigenvalue weighted by Gasteiger charge is -2.10. The van der Waals surface area contributed by atoms with E-state index in [1.54, 1.807) is 12.1 Å². The van der Waals surface area contributed by atoms with Gasteiger partial charge in [0.15, 0.2) is 0 Å². The average molecular weight is 325 g/mol. The summed E-state index contributed by atoms with van der Waals surface area (Å²) in [5.41, 5.74) is 6.58. The molecule has 0 bridgehead atoms. The highest BCUT2D eigenvalue weighted by Gasteiger charge is 2.10. The number of ether oxygens (including phenoxy) is 1. The summed E-state index contributed by atoms with van der Waals surface area (Å²) in [5, 5.41) is 2.80. The summed E-state index contributed by atoms with van der Waals surface area (Å²) in [4.78, 5) is 12.1. The molecule has 2 rings (SSSR count). The number of carbonyl (C=O) groups excluding carboxylic acids is 1. The number of carbonyl (C=O) groups is 1. The number of anilines is 1. The third kappa shape index (κ3) is 5.09. The molecule has 1 amide bonds. The molecule has 1 aromatic carbocycles. The number of nitrogens with two attached hydrogens (primary N) is 1. The van der Waals surface area contributed by atoms with E-state index in [0.717, 1.165) is 5.75 Å². The molecule has 2 aromatic rings. The molecule has 0 radical (unpaired) electrons. The number of amides is 1. The summed E-state index contributed by atoms with van der Waals surface area (Å²) in [6, 6.07) is 8.94. The van der Waals surface area contributed by atoms with Crippen LogP contribution in [0.3, 0.4) is 0 Å². The molecule has 0 saturated carbocycles. The Morgan fingerprint density at radius 2 is 2.14 bits per heavy atom. The van der Waals surface area contributed by atoms with Crippen LogP contribution in [0.2, 0.25) is 0 Å². The summed E-state index contributed by atoms with van der Waals surface area (Å²) >= 11 is 0. The summed E-state index contributed by atoms with van der Waals surface area (Å²) < 4.78 is 10.8. The molecule has 6 heteroatoms. The Kier molecular flexibility index (Phi) is 6.95. The van der Waals surface area contributed by atoms with Gasteiger partial charge in [-0.15, -0.1) is 12.4 Å². The molecule has 0 aliphatic carbocycles. The van der Waals surface area contributed by atoms with Crippen molar-refractivity contribution in [1.82, 2.24) is 0 Å². The van der Waals surface area contributed by atoms with E-state index < -0.39 is 0 Å². The van der Waals surface area contributed by atoms with Crippen LogP contribution in [0.1, 0.15) is 30.0 Å². The van der Waals surface area contributed by atoms with E-state index in [9.17, 15) is 4.79 Å². The lowest BCUT2D eigenvalue weighted by Crippen LogP contribution is -2.11. The minimum absolute atomic E-state index is 0. The van der Waals surface area contributed by atoms with Gasteiger partial charge in [0, 0.05) is 11.8 Å². The summed E-state index contributed by atoms with van der Waals surface area (Å²) in [6.45, 7) is 5.07. The average Bonchev–Trinajstić information content (AvgIpc) is 2.94. The second-order valence-corrected chi connectivity index (χ2v) is 5.19. The fourth-order valence-corrected chi connectivity index (χ4v) is 1.74. The van der Waals surface area contributed by atoms with E-state index in [0.29, 0.717) is 29.5 Å². The molecule has 0 aliphatic heterocycles. The van der Waals surface area contributed by atoms with Crippen molar-refractivity contribution < 1.29 is 13.9 Å². The van der Waals surface area contributed by atoms with Gasteiger partial charge in [-0.25, -0.2) is 0 Å². The molecule has 3 N–H and O–H groups in total. The minimum Gasteiger partial charge on any atom is -0.493 e. The smallest absolute Gasteiger partial charge is 0.258 e. The van der Waals surface area contributed by atoms with Crippen LogP contribution in [0.4, 0.5) is 5.69 Å². The highest BCUT2D eigenvalue weighted by molar-refractivity contribution is 6.04. The second kappa shape index (κ2) is 8.46. The topological polar surface area (TPSA) is 77.5 Å². The molecule has 1 aromatic heterocycles. The van der Waals surface area contributed by atoms with Crippen molar-refractivity contribution in [3.05, 3.63) is 47.9 Å². The first-order valence-corrected chi connectivity index (χ1v) is 6.90. The maximum Gasteiger partial charge on any atom is 0.258 e. The van der Waals surface area contributed by atoms with Gasteiger partial charge in [-0.1, -0.05) is 19.9 Å². The fraction of sp³-hybridized carbons (Fsp3) is 0.312. The maximum atomic E-state index is 12.1. The van der Waals surface area contributed by atoms with Gasteiger partial charge in [0.05, 0.1) is 18.7 Å². The highest BCUT2D eigenvalue weighted by Crippen LogP contribution is 2.19. The molecule has 5 nitrogen and oxygen atoms in total. The summed E-state index contributed by atoms with van der Waals surface area (Å²) in [6.07, 6.45) is 1.40. The molecule has 120 valence electrons. The number of halogens is 1. The van der Waals surface area contributed by atoms with Crippen molar-refractivity contribution >= 4 is 24.0 Å². The number of rotatable bonds is 6. The third-order valence-electron chi connectivity index (χ3n) is 2.79. The standard InChI is InChI=1S/C16H20N2O3.ClH/c1-11(2)9-20-14-5-3-4-13(7-14)18-16(19)12-6-15(8-17)21-10-12;/h3-7,10-11H,8-9,17H2,1-2H3,(H,18,19);1H. The Morgan fingerprint density at radius 1 is 1.36 bits per heavy atom. The Hall–Kier alpha value is -1.98. The Bertz CT molecular complexity index is 611. The van der Waals surface area contributed by atoms with Crippen LogP contribution in [0.15, 0.2) is 41.0 Å². The van der Waals surface area contributed by atoms with E-state index in [2.05, 4.69) is 19.2 Å². The first kappa shape index (κ1) is 18.1. The van der Waals surface area contributed by atoms with Crippen LogP contribution in [-0.2, 0) is 6.54 Å². The van der Waals surface area contributed by atoms with Gasteiger partial charge in [0.1, 0.15) is 17.8 Å². The van der Waals surface area contributed by atoms with Crippen LogP contribution in [-0.4, -0.2) is 12.5 Å². The SMILES string of the molecule is CC(C)COc1cccc(NC(=O)c2coc(CN)c2)c1.Cl. The lowest BCUT2D eigenvalue weighted by atomic mass is 10.2. The molecular weight excluding hydrogens is 304 g/mol. The monoisotopic (exact) mass is 324 g/mol. The van der Waals surface area contributed by atoms with Crippen molar-refractivity contribution in [3.8, 4) is 5.75 Å². The maximum absolute atomic E-state index is 12.1. The molecule has 0 aliphatic rings. The van der Waals surface area contributed by atoms with Crippen molar-refractivity contribution in [3.63, 3.8) is 0 Å². The number of nitrogens with one attached hydrogen (secondary N) is 1. The molecule has 0 fully saturated rings. The van der Waals surface area contributed by atoms with Crippen molar-refractivity contribution in [2.45, 2.75) is 20.4 Å². The van der Waals surface area contributed by atoms with Crippen LogP contribution >= 0.6 is 12.4 Å². The predicted molar refractivity (Wildman–Crippen MR) is 88.6 cm³/mol. The summed E-state index contributed by atoms with van der Waals surface area (Å²) in [5.74, 6) is 1.52. The Labute approximate surface area is 136 Å². The molecule has 0 atom stereocenters. The van der Waals surface area contributed by atoms with Gasteiger partial charge in [0.2, 0.25) is 0 Å². The summed E-state index contributed by atoms with van der Waals surface area (Å²) in [7, 11) is 0. The lowest BCUT2D eigenvalue weighted by molar-refractivity contribution is 0.102. The third-order valence-corrected chi connectivity index (χ3v) is 2.79. The van der Waals surface area contributed by atoms with E-state index in [1.165, 1.54) is 6.26 Å². The number of benzene rings is 1. The van der Waals surface area contributed by atoms with E-state index in [-0.39, 0.29) is 24.9 Å². The van der Waals surface area contributed by atoms with E-state index in [4.69, 9.17) is 14.9 Å². The highest BCUT2D eigenvalue weighted by atomic mass is 35.5. The molecule has 1 heterocycles. The first-order chi connectivity index (χ1) is 10.1. The first-order valence-electron chi connectivity index (χ1n) is 6.90. The van der Waals surface area contributed by atoms with Crippen molar-refractivity contribution in [1.29, 1.82) is 0 Å². The molecule has 0 unspecified atom stereocenters. The van der Waals surface area contributed by atoms with E-state index >= 15 is 0 Å². The normalized spacial score (nSPS) is 10.2. The molecule has 0 spiro atoms. The van der Waals surface area contributed by atoms with Gasteiger partial charge >= 0.3 is 0 Å². The van der Waals surface area contributed by atoms with Crippen LogP contribution in [0, 0.1) is 5.92 Å². The van der Waals surface area contributed by atoms with Gasteiger partial charge in [-0.2, -0.15) is 0 Å². The number of furan rings is 1. The number of hydrogen-bond donors (Lipinski definition) is 2. The fourth-order valence-electron chi connectivity index (χ4n) is 1.74. The quantitative estimate of drug-likeness (QED) is 0.853. The van der Waals surface area contributed by atoms with Crippen LogP contribution in [0.5, 0.6) is 5.75 Å². The van der Waals surface area contributed by atoms with Gasteiger partial charge in [-0.3, -0.25) is 4.79 Å². The zero-order chi connectivity index (χ0) is 15.2. The number of hydrogen-bond acceptors (Lipinski definition) is 4. The zero-order valence-corrected chi connectivity index (χ0v) is 13.5.